The van der Waals surface area contributed by atoms with Crippen LogP contribution in [0.4, 0.5) is 0 Å². The molecular formula is C10H13N3O. The summed E-state index contributed by atoms with van der Waals surface area (Å²) in [5.74, 6) is 0.495. The van der Waals surface area contributed by atoms with Gasteiger partial charge in [-0.05, 0) is 26.0 Å². The van der Waals surface area contributed by atoms with E-state index >= 15 is 0 Å². The summed E-state index contributed by atoms with van der Waals surface area (Å²) >= 11 is 0. The Balaban J connectivity index is 2.68. The van der Waals surface area contributed by atoms with E-state index in [1.54, 1.807) is 12.1 Å². The molecule has 0 aliphatic carbocycles. The van der Waals surface area contributed by atoms with Crippen molar-refractivity contribution in [2.45, 2.75) is 13.3 Å². The van der Waals surface area contributed by atoms with E-state index < -0.39 is 0 Å². The van der Waals surface area contributed by atoms with Crippen molar-refractivity contribution in [3.05, 3.63) is 23.4 Å². The van der Waals surface area contributed by atoms with Crippen molar-refractivity contribution in [1.29, 1.82) is 5.26 Å². The molecule has 4 heteroatoms. The number of aryl methyl sites for hydroxylation is 1. The SMILES string of the molecule is Cc1cc(C#N)cc(OCCCN)n1. The molecule has 0 spiro atoms. The van der Waals surface area contributed by atoms with E-state index in [4.69, 9.17) is 15.7 Å². The summed E-state index contributed by atoms with van der Waals surface area (Å²) in [7, 11) is 0. The van der Waals surface area contributed by atoms with Crippen molar-refractivity contribution in [1.82, 2.24) is 4.98 Å². The summed E-state index contributed by atoms with van der Waals surface area (Å²) in [6.07, 6.45) is 0.789. The molecule has 1 aromatic heterocycles. The Morgan fingerprint density at radius 1 is 1.57 bits per heavy atom. The summed E-state index contributed by atoms with van der Waals surface area (Å²) in [4.78, 5) is 4.14. The number of nitriles is 1. The smallest absolute Gasteiger partial charge is 0.214 e. The lowest BCUT2D eigenvalue weighted by atomic mass is 10.2. The largest absolute Gasteiger partial charge is 0.478 e. The van der Waals surface area contributed by atoms with Gasteiger partial charge in [-0.1, -0.05) is 0 Å². The Bertz CT molecular complexity index is 344. The van der Waals surface area contributed by atoms with Gasteiger partial charge < -0.3 is 10.5 Å². The molecule has 0 aromatic carbocycles. The fraction of sp³-hybridized carbons (Fsp3) is 0.400. The first kappa shape index (κ1) is 10.5. The van der Waals surface area contributed by atoms with Gasteiger partial charge in [-0.25, -0.2) is 4.98 Å². The van der Waals surface area contributed by atoms with E-state index in [0.29, 0.717) is 24.6 Å². The number of nitrogens with two attached hydrogens (primary N) is 1. The van der Waals surface area contributed by atoms with Crippen LogP contribution in [0.5, 0.6) is 5.88 Å². The second kappa shape index (κ2) is 5.20. The van der Waals surface area contributed by atoms with Gasteiger partial charge in [0.05, 0.1) is 18.2 Å². The number of hydrogen-bond donors (Lipinski definition) is 1. The molecule has 0 amide bonds. The van der Waals surface area contributed by atoms with Crippen LogP contribution in [0.15, 0.2) is 12.1 Å². The number of rotatable bonds is 4. The highest BCUT2D eigenvalue weighted by Crippen LogP contribution is 2.11. The maximum absolute atomic E-state index is 8.70. The molecule has 0 atom stereocenters. The Morgan fingerprint density at radius 3 is 3.00 bits per heavy atom. The minimum Gasteiger partial charge on any atom is -0.478 e. The molecule has 74 valence electrons. The molecule has 0 radical (unpaired) electrons. The molecule has 2 N–H and O–H groups in total. The van der Waals surface area contributed by atoms with Crippen LogP contribution in [-0.2, 0) is 0 Å². The quantitative estimate of drug-likeness (QED) is 0.720. The molecule has 0 bridgehead atoms. The molecule has 0 saturated carbocycles. The number of nitrogens with zero attached hydrogens (tertiary/aromatic N) is 2. The van der Waals surface area contributed by atoms with Crippen molar-refractivity contribution < 1.29 is 4.74 Å². The van der Waals surface area contributed by atoms with Gasteiger partial charge in [0, 0.05) is 11.8 Å². The first-order valence-corrected chi connectivity index (χ1v) is 4.48. The normalized spacial score (nSPS) is 9.50. The van der Waals surface area contributed by atoms with Crippen molar-refractivity contribution in [3.8, 4) is 11.9 Å². The van der Waals surface area contributed by atoms with E-state index in [-0.39, 0.29) is 0 Å². The molecule has 0 saturated heterocycles. The van der Waals surface area contributed by atoms with Gasteiger partial charge >= 0.3 is 0 Å². The Kier molecular flexibility index (Phi) is 3.89. The van der Waals surface area contributed by atoms with Gasteiger partial charge in [-0.2, -0.15) is 5.26 Å². The van der Waals surface area contributed by atoms with E-state index in [0.717, 1.165) is 12.1 Å². The van der Waals surface area contributed by atoms with Gasteiger partial charge in [-0.15, -0.1) is 0 Å². The zero-order valence-electron chi connectivity index (χ0n) is 8.16. The topological polar surface area (TPSA) is 71.9 Å². The third kappa shape index (κ3) is 3.04. The van der Waals surface area contributed by atoms with E-state index in [1.165, 1.54) is 0 Å². The molecular weight excluding hydrogens is 178 g/mol. The van der Waals surface area contributed by atoms with Gasteiger partial charge in [-0.3, -0.25) is 0 Å². The lowest BCUT2D eigenvalue weighted by Crippen LogP contribution is -2.07. The lowest BCUT2D eigenvalue weighted by Gasteiger charge is -2.04. The highest BCUT2D eigenvalue weighted by Gasteiger charge is 1.99. The maximum Gasteiger partial charge on any atom is 0.214 e. The van der Waals surface area contributed by atoms with E-state index in [9.17, 15) is 0 Å². The van der Waals surface area contributed by atoms with Crippen LogP contribution in [0.3, 0.4) is 0 Å². The highest BCUT2D eigenvalue weighted by molar-refractivity contribution is 5.33. The third-order valence-electron chi connectivity index (χ3n) is 1.66. The van der Waals surface area contributed by atoms with Crippen LogP contribution in [-0.4, -0.2) is 18.1 Å². The molecule has 0 fully saturated rings. The summed E-state index contributed by atoms with van der Waals surface area (Å²) in [5.41, 5.74) is 6.68. The fourth-order valence-electron chi connectivity index (χ4n) is 1.04. The lowest BCUT2D eigenvalue weighted by molar-refractivity contribution is 0.301. The zero-order valence-corrected chi connectivity index (χ0v) is 8.16. The van der Waals surface area contributed by atoms with Gasteiger partial charge in [0.2, 0.25) is 5.88 Å². The molecule has 0 aliphatic heterocycles. The molecule has 1 heterocycles. The molecule has 4 nitrogen and oxygen atoms in total. The molecule has 0 aliphatic rings. The van der Waals surface area contributed by atoms with Gasteiger partial charge in [0.15, 0.2) is 0 Å². The van der Waals surface area contributed by atoms with Crippen LogP contribution in [0.2, 0.25) is 0 Å². The number of hydrogen-bond acceptors (Lipinski definition) is 4. The van der Waals surface area contributed by atoms with Crippen LogP contribution in [0.1, 0.15) is 17.7 Å². The van der Waals surface area contributed by atoms with Crippen molar-refractivity contribution in [2.24, 2.45) is 5.73 Å². The Labute approximate surface area is 83.3 Å². The zero-order chi connectivity index (χ0) is 10.4. The molecule has 1 rings (SSSR count). The Hall–Kier alpha value is -1.60. The average Bonchev–Trinajstić information content (AvgIpc) is 2.17. The summed E-state index contributed by atoms with van der Waals surface area (Å²) in [5, 5.41) is 8.70. The highest BCUT2D eigenvalue weighted by atomic mass is 16.5. The summed E-state index contributed by atoms with van der Waals surface area (Å²) in [6.45, 7) is 2.96. The van der Waals surface area contributed by atoms with Gasteiger partial charge in [0.1, 0.15) is 0 Å². The predicted molar refractivity (Wildman–Crippen MR) is 52.9 cm³/mol. The van der Waals surface area contributed by atoms with E-state index in [1.807, 2.05) is 6.92 Å². The second-order valence-corrected chi connectivity index (χ2v) is 2.94. The van der Waals surface area contributed by atoms with E-state index in [2.05, 4.69) is 11.1 Å². The maximum atomic E-state index is 8.70. The third-order valence-corrected chi connectivity index (χ3v) is 1.66. The first-order valence-electron chi connectivity index (χ1n) is 4.48. The molecule has 1 aromatic rings. The van der Waals surface area contributed by atoms with Gasteiger partial charge in [0.25, 0.3) is 0 Å². The average molecular weight is 191 g/mol. The number of pyridine rings is 1. The van der Waals surface area contributed by atoms with Crippen LogP contribution in [0, 0.1) is 18.3 Å². The van der Waals surface area contributed by atoms with Crippen LogP contribution >= 0.6 is 0 Å². The molecule has 14 heavy (non-hydrogen) atoms. The first-order chi connectivity index (χ1) is 6.76. The summed E-state index contributed by atoms with van der Waals surface area (Å²) in [6, 6.07) is 5.40. The van der Waals surface area contributed by atoms with Crippen LogP contribution < -0.4 is 10.5 Å². The number of aromatic nitrogens is 1. The van der Waals surface area contributed by atoms with Crippen molar-refractivity contribution >= 4 is 0 Å². The molecule has 0 unspecified atom stereocenters. The predicted octanol–water partition coefficient (Wildman–Crippen LogP) is 0.989. The monoisotopic (exact) mass is 191 g/mol. The second-order valence-electron chi connectivity index (χ2n) is 2.94. The standard InChI is InChI=1S/C10H13N3O/c1-8-5-9(7-12)6-10(13-8)14-4-2-3-11/h5-6H,2-4,11H2,1H3. The minimum atomic E-state index is 0.495. The number of ether oxygens (including phenoxy) is 1. The van der Waals surface area contributed by atoms with Crippen molar-refractivity contribution in [3.63, 3.8) is 0 Å². The minimum absolute atomic E-state index is 0.495. The van der Waals surface area contributed by atoms with Crippen LogP contribution in [0.25, 0.3) is 0 Å². The van der Waals surface area contributed by atoms with Crippen molar-refractivity contribution in [2.75, 3.05) is 13.2 Å². The summed E-state index contributed by atoms with van der Waals surface area (Å²) < 4.78 is 5.33. The fourth-order valence-corrected chi connectivity index (χ4v) is 1.04. The Morgan fingerprint density at radius 2 is 2.36 bits per heavy atom.